The van der Waals surface area contributed by atoms with Gasteiger partial charge >= 0.3 is 0 Å². The third-order valence-corrected chi connectivity index (χ3v) is 3.96. The third kappa shape index (κ3) is 2.29. The fourth-order valence-corrected chi connectivity index (χ4v) is 2.88. The number of aryl methyl sites for hydroxylation is 2. The zero-order valence-corrected chi connectivity index (χ0v) is 12.5. The van der Waals surface area contributed by atoms with E-state index in [0.29, 0.717) is 11.3 Å². The van der Waals surface area contributed by atoms with Crippen LogP contribution in [0, 0.1) is 6.92 Å². The summed E-state index contributed by atoms with van der Waals surface area (Å²) in [6, 6.07) is 5.64. The van der Waals surface area contributed by atoms with Crippen molar-refractivity contribution in [1.29, 1.82) is 0 Å². The lowest BCUT2D eigenvalue weighted by molar-refractivity contribution is 0.513. The molecule has 2 aromatic rings. The molecule has 1 saturated heterocycles. The van der Waals surface area contributed by atoms with E-state index in [1.807, 2.05) is 13.0 Å². The van der Waals surface area contributed by atoms with Crippen LogP contribution in [0.2, 0.25) is 0 Å². The maximum Gasteiger partial charge on any atom is 0.200 e. The molecule has 0 unspecified atom stereocenters. The molecule has 1 aromatic heterocycles. The molecule has 1 aliphatic heterocycles. The van der Waals surface area contributed by atoms with E-state index >= 15 is 0 Å². The fraction of sp³-hybridized carbons (Fsp3) is 0.400. The maximum absolute atomic E-state index is 12.3. The number of benzene rings is 1. The Hall–Kier alpha value is -1.29. The first-order chi connectivity index (χ1) is 9.19. The highest BCUT2D eigenvalue weighted by atomic mass is 79.9. The Bertz CT molecular complexity index is 674. The van der Waals surface area contributed by atoms with Crippen molar-refractivity contribution < 1.29 is 4.42 Å². The van der Waals surface area contributed by atoms with Gasteiger partial charge in [-0.2, -0.15) is 0 Å². The molecule has 19 heavy (non-hydrogen) atoms. The van der Waals surface area contributed by atoms with E-state index in [4.69, 9.17) is 4.42 Å². The highest BCUT2D eigenvalue weighted by molar-refractivity contribution is 9.09. The van der Waals surface area contributed by atoms with Crippen LogP contribution in [0.5, 0.6) is 0 Å². The van der Waals surface area contributed by atoms with Crippen molar-refractivity contribution in [2.75, 3.05) is 23.3 Å². The molecule has 1 fully saturated rings. The van der Waals surface area contributed by atoms with Crippen LogP contribution in [0.15, 0.2) is 27.4 Å². The first-order valence-corrected chi connectivity index (χ1v) is 7.69. The van der Waals surface area contributed by atoms with Gasteiger partial charge in [-0.3, -0.25) is 4.79 Å². The molecule has 3 nitrogen and oxygen atoms in total. The summed E-state index contributed by atoms with van der Waals surface area (Å²) in [5.74, 6) is 0.712. The number of nitrogens with zero attached hydrogens (tertiary/aromatic N) is 1. The van der Waals surface area contributed by atoms with Crippen LogP contribution in [0.4, 0.5) is 5.88 Å². The largest absolute Gasteiger partial charge is 0.440 e. The molecule has 0 N–H and O–H groups in total. The van der Waals surface area contributed by atoms with Gasteiger partial charge < -0.3 is 9.32 Å². The standard InChI is InChI=1S/C15H16BrNO2/c1-10-7-11(3-4-16)15-12(8-10)13(18)9-14(19-15)17-5-2-6-17/h7-9H,2-6H2,1H3. The second-order valence-corrected chi connectivity index (χ2v) is 5.82. The van der Waals surface area contributed by atoms with E-state index in [9.17, 15) is 4.79 Å². The van der Waals surface area contributed by atoms with Crippen LogP contribution in [0.1, 0.15) is 17.5 Å². The van der Waals surface area contributed by atoms with Crippen molar-refractivity contribution in [3.05, 3.63) is 39.5 Å². The van der Waals surface area contributed by atoms with Gasteiger partial charge in [0, 0.05) is 24.5 Å². The third-order valence-electron chi connectivity index (χ3n) is 3.57. The lowest BCUT2D eigenvalue weighted by atomic mass is 10.0. The Morgan fingerprint density at radius 1 is 1.32 bits per heavy atom. The van der Waals surface area contributed by atoms with Crippen molar-refractivity contribution in [2.24, 2.45) is 0 Å². The normalized spacial score (nSPS) is 14.7. The van der Waals surface area contributed by atoms with Crippen molar-refractivity contribution in [2.45, 2.75) is 19.8 Å². The van der Waals surface area contributed by atoms with E-state index in [2.05, 4.69) is 26.9 Å². The highest BCUT2D eigenvalue weighted by Crippen LogP contribution is 2.26. The quantitative estimate of drug-likeness (QED) is 0.814. The molecule has 0 bridgehead atoms. The molecule has 0 saturated carbocycles. The molecule has 0 amide bonds. The monoisotopic (exact) mass is 321 g/mol. The molecule has 0 aliphatic carbocycles. The van der Waals surface area contributed by atoms with Crippen LogP contribution in [-0.2, 0) is 6.42 Å². The maximum atomic E-state index is 12.3. The molecular weight excluding hydrogens is 306 g/mol. The van der Waals surface area contributed by atoms with E-state index in [1.54, 1.807) is 6.07 Å². The van der Waals surface area contributed by atoms with E-state index in [1.165, 1.54) is 6.42 Å². The number of fused-ring (bicyclic) bond motifs is 1. The molecule has 1 aliphatic rings. The lowest BCUT2D eigenvalue weighted by Crippen LogP contribution is -2.37. The minimum absolute atomic E-state index is 0.0580. The molecule has 3 rings (SSSR count). The summed E-state index contributed by atoms with van der Waals surface area (Å²) in [4.78, 5) is 14.4. The van der Waals surface area contributed by atoms with Gasteiger partial charge in [0.1, 0.15) is 5.58 Å². The second-order valence-electron chi connectivity index (χ2n) is 5.03. The summed E-state index contributed by atoms with van der Waals surface area (Å²) >= 11 is 3.46. The van der Waals surface area contributed by atoms with Gasteiger partial charge in [0.15, 0.2) is 11.3 Å². The van der Waals surface area contributed by atoms with Crippen molar-refractivity contribution in [3.8, 4) is 0 Å². The summed E-state index contributed by atoms with van der Waals surface area (Å²) in [6.45, 7) is 3.97. The number of anilines is 1. The Balaban J connectivity index is 2.22. The fourth-order valence-electron chi connectivity index (χ4n) is 2.46. The van der Waals surface area contributed by atoms with E-state index < -0.39 is 0 Å². The zero-order valence-electron chi connectivity index (χ0n) is 10.9. The van der Waals surface area contributed by atoms with E-state index in [0.717, 1.165) is 41.6 Å². The summed E-state index contributed by atoms with van der Waals surface area (Å²) in [6.07, 6.45) is 2.04. The molecule has 1 aromatic carbocycles. The average Bonchev–Trinajstić information content (AvgIpc) is 2.29. The summed E-state index contributed by atoms with van der Waals surface area (Å²) in [7, 11) is 0. The van der Waals surface area contributed by atoms with Crippen molar-refractivity contribution in [3.63, 3.8) is 0 Å². The van der Waals surface area contributed by atoms with Crippen molar-refractivity contribution >= 4 is 32.8 Å². The molecule has 100 valence electrons. The SMILES string of the molecule is Cc1cc(CCBr)c2oc(N3CCC3)cc(=O)c2c1. The van der Waals surface area contributed by atoms with Crippen LogP contribution in [0.25, 0.3) is 11.0 Å². The molecular formula is C15H16BrNO2. The number of alkyl halides is 1. The number of hydrogen-bond donors (Lipinski definition) is 0. The second kappa shape index (κ2) is 5.00. The van der Waals surface area contributed by atoms with Crippen LogP contribution in [0.3, 0.4) is 0 Å². The Morgan fingerprint density at radius 2 is 2.11 bits per heavy atom. The van der Waals surface area contributed by atoms with Crippen LogP contribution < -0.4 is 10.3 Å². The molecule has 0 radical (unpaired) electrons. The number of rotatable bonds is 3. The van der Waals surface area contributed by atoms with Gasteiger partial charge in [-0.05, 0) is 37.0 Å². The average molecular weight is 322 g/mol. The van der Waals surface area contributed by atoms with Crippen LogP contribution in [-0.4, -0.2) is 18.4 Å². The van der Waals surface area contributed by atoms with Crippen LogP contribution >= 0.6 is 15.9 Å². The number of halogens is 1. The number of hydrogen-bond acceptors (Lipinski definition) is 3. The van der Waals surface area contributed by atoms with Gasteiger partial charge in [0.2, 0.25) is 0 Å². The molecule has 0 spiro atoms. The first-order valence-electron chi connectivity index (χ1n) is 6.57. The minimum atomic E-state index is 0.0580. The molecule has 4 heteroatoms. The molecule has 0 atom stereocenters. The Morgan fingerprint density at radius 3 is 2.74 bits per heavy atom. The minimum Gasteiger partial charge on any atom is -0.440 e. The summed E-state index contributed by atoms with van der Waals surface area (Å²) in [5, 5.41) is 1.56. The summed E-state index contributed by atoms with van der Waals surface area (Å²) in [5.41, 5.74) is 3.01. The van der Waals surface area contributed by atoms with Gasteiger partial charge in [-0.15, -0.1) is 0 Å². The Kier molecular flexibility index (Phi) is 3.35. The van der Waals surface area contributed by atoms with Gasteiger partial charge in [0.25, 0.3) is 0 Å². The lowest BCUT2D eigenvalue weighted by Gasteiger charge is -2.31. The van der Waals surface area contributed by atoms with Gasteiger partial charge in [0.05, 0.1) is 5.39 Å². The zero-order chi connectivity index (χ0) is 13.4. The van der Waals surface area contributed by atoms with Gasteiger partial charge in [-0.1, -0.05) is 22.0 Å². The topological polar surface area (TPSA) is 33.5 Å². The first kappa shape index (κ1) is 12.7. The van der Waals surface area contributed by atoms with Crippen molar-refractivity contribution in [1.82, 2.24) is 0 Å². The summed E-state index contributed by atoms with van der Waals surface area (Å²) < 4.78 is 5.99. The predicted octanol–water partition coefficient (Wildman–Crippen LogP) is 3.25. The molecule has 2 heterocycles. The van der Waals surface area contributed by atoms with Gasteiger partial charge in [-0.25, -0.2) is 0 Å². The smallest absolute Gasteiger partial charge is 0.200 e. The predicted molar refractivity (Wildman–Crippen MR) is 81.5 cm³/mol. The highest BCUT2D eigenvalue weighted by Gasteiger charge is 2.19. The van der Waals surface area contributed by atoms with E-state index in [-0.39, 0.29) is 5.43 Å². The Labute approximate surface area is 120 Å².